The van der Waals surface area contributed by atoms with Crippen LogP contribution in [0.1, 0.15) is 26.3 Å². The van der Waals surface area contributed by atoms with Gasteiger partial charge in [0.2, 0.25) is 0 Å². The van der Waals surface area contributed by atoms with Crippen molar-refractivity contribution in [3.8, 4) is 11.4 Å². The number of amides is 1. The van der Waals surface area contributed by atoms with Crippen molar-refractivity contribution in [2.45, 2.75) is 0 Å². The molecule has 0 unspecified atom stereocenters. The fraction of sp³-hybridized carbons (Fsp3) is 0.143. The monoisotopic (exact) mass is 448 g/mol. The number of nitrogens with zero attached hydrogens (tertiary/aromatic N) is 4. The Hall–Kier alpha value is -4.32. The van der Waals surface area contributed by atoms with Crippen molar-refractivity contribution in [2.75, 3.05) is 31.1 Å². The summed E-state index contributed by atoms with van der Waals surface area (Å²) in [4.78, 5) is 39.5. The molecule has 1 aliphatic heterocycles. The standard InChI is InChI=1S/C28H24N4O2/c33-26(21-9-3-1-4-10-21)23-13-7-8-14-24(23)28(34)32-19-17-31(18-20-32)25-15-16-29-27(30-25)22-11-5-2-6-12-22/h1-16H,17-20H2. The average molecular weight is 449 g/mol. The lowest BCUT2D eigenvalue weighted by Gasteiger charge is -2.35. The highest BCUT2D eigenvalue weighted by Crippen LogP contribution is 2.21. The summed E-state index contributed by atoms with van der Waals surface area (Å²) in [5.41, 5.74) is 2.42. The molecule has 0 aliphatic carbocycles. The molecule has 1 fully saturated rings. The van der Waals surface area contributed by atoms with Crippen LogP contribution in [-0.2, 0) is 0 Å². The van der Waals surface area contributed by atoms with Crippen LogP contribution < -0.4 is 4.90 Å². The van der Waals surface area contributed by atoms with Crippen LogP contribution in [0.25, 0.3) is 11.4 Å². The van der Waals surface area contributed by atoms with Gasteiger partial charge in [0, 0.05) is 49.1 Å². The Kier molecular flexibility index (Phi) is 6.12. The third-order valence-corrected chi connectivity index (χ3v) is 6.00. The van der Waals surface area contributed by atoms with Crippen LogP contribution in [0, 0.1) is 0 Å². The molecule has 2 heterocycles. The quantitative estimate of drug-likeness (QED) is 0.425. The number of carbonyl (C=O) groups excluding carboxylic acids is 2. The summed E-state index contributed by atoms with van der Waals surface area (Å²) >= 11 is 0. The Bertz CT molecular complexity index is 1300. The number of aromatic nitrogens is 2. The van der Waals surface area contributed by atoms with Crippen molar-refractivity contribution < 1.29 is 9.59 Å². The first-order valence-electron chi connectivity index (χ1n) is 11.3. The van der Waals surface area contributed by atoms with Gasteiger partial charge in [-0.05, 0) is 12.1 Å². The molecule has 4 aromatic rings. The van der Waals surface area contributed by atoms with E-state index >= 15 is 0 Å². The van der Waals surface area contributed by atoms with E-state index in [4.69, 9.17) is 4.98 Å². The molecule has 1 saturated heterocycles. The lowest BCUT2D eigenvalue weighted by molar-refractivity contribution is 0.0742. The summed E-state index contributed by atoms with van der Waals surface area (Å²) < 4.78 is 0. The summed E-state index contributed by atoms with van der Waals surface area (Å²) in [6.07, 6.45) is 1.77. The molecule has 1 amide bonds. The van der Waals surface area contributed by atoms with Gasteiger partial charge in [-0.3, -0.25) is 9.59 Å². The maximum atomic E-state index is 13.4. The summed E-state index contributed by atoms with van der Waals surface area (Å²) in [5, 5.41) is 0. The molecule has 168 valence electrons. The fourth-order valence-electron chi connectivity index (χ4n) is 4.17. The minimum Gasteiger partial charge on any atom is -0.353 e. The van der Waals surface area contributed by atoms with Gasteiger partial charge in [-0.1, -0.05) is 78.9 Å². The highest BCUT2D eigenvalue weighted by atomic mass is 16.2. The normalized spacial score (nSPS) is 13.5. The molecule has 34 heavy (non-hydrogen) atoms. The third-order valence-electron chi connectivity index (χ3n) is 6.00. The Balaban J connectivity index is 1.30. The van der Waals surface area contributed by atoms with E-state index in [9.17, 15) is 9.59 Å². The fourth-order valence-corrected chi connectivity index (χ4v) is 4.17. The van der Waals surface area contributed by atoms with Crippen LogP contribution in [0.4, 0.5) is 5.82 Å². The molecule has 5 rings (SSSR count). The summed E-state index contributed by atoms with van der Waals surface area (Å²) in [6, 6.07) is 27.9. The molecule has 6 heteroatoms. The second-order valence-corrected chi connectivity index (χ2v) is 8.12. The zero-order valence-corrected chi connectivity index (χ0v) is 18.7. The van der Waals surface area contributed by atoms with Crippen LogP contribution in [0.2, 0.25) is 0 Å². The molecule has 0 saturated carbocycles. The van der Waals surface area contributed by atoms with Crippen LogP contribution in [-0.4, -0.2) is 52.7 Å². The molecule has 1 aliphatic rings. The van der Waals surface area contributed by atoms with Crippen molar-refractivity contribution in [1.82, 2.24) is 14.9 Å². The van der Waals surface area contributed by atoms with E-state index < -0.39 is 0 Å². The molecule has 1 aromatic heterocycles. The van der Waals surface area contributed by atoms with Gasteiger partial charge in [-0.2, -0.15) is 0 Å². The Morgan fingerprint density at radius 3 is 2.00 bits per heavy atom. The molecule has 0 bridgehead atoms. The Labute approximate surface area is 198 Å². The first-order chi connectivity index (χ1) is 16.7. The van der Waals surface area contributed by atoms with E-state index in [0.29, 0.717) is 48.7 Å². The minimum atomic E-state index is -0.141. The number of piperazine rings is 1. The number of hydrogen-bond acceptors (Lipinski definition) is 5. The Morgan fingerprint density at radius 1 is 0.676 bits per heavy atom. The second kappa shape index (κ2) is 9.67. The van der Waals surface area contributed by atoms with Crippen LogP contribution >= 0.6 is 0 Å². The predicted octanol–water partition coefficient (Wildman–Crippen LogP) is 4.34. The second-order valence-electron chi connectivity index (χ2n) is 8.12. The van der Waals surface area contributed by atoms with E-state index in [2.05, 4.69) is 9.88 Å². The first kappa shape index (κ1) is 21.5. The average Bonchev–Trinajstić information content (AvgIpc) is 2.93. The summed E-state index contributed by atoms with van der Waals surface area (Å²) in [6.45, 7) is 2.42. The van der Waals surface area contributed by atoms with Gasteiger partial charge in [-0.15, -0.1) is 0 Å². The lowest BCUT2D eigenvalue weighted by atomic mass is 9.97. The predicted molar refractivity (Wildman–Crippen MR) is 132 cm³/mol. The van der Waals surface area contributed by atoms with Crippen molar-refractivity contribution in [2.24, 2.45) is 0 Å². The minimum absolute atomic E-state index is 0.118. The topological polar surface area (TPSA) is 66.4 Å². The van der Waals surface area contributed by atoms with Gasteiger partial charge in [0.25, 0.3) is 5.91 Å². The van der Waals surface area contributed by atoms with Crippen molar-refractivity contribution >= 4 is 17.5 Å². The highest BCUT2D eigenvalue weighted by molar-refractivity contribution is 6.15. The van der Waals surface area contributed by atoms with Crippen LogP contribution in [0.5, 0.6) is 0 Å². The van der Waals surface area contributed by atoms with Gasteiger partial charge >= 0.3 is 0 Å². The molecule has 3 aromatic carbocycles. The summed E-state index contributed by atoms with van der Waals surface area (Å²) in [5.74, 6) is 1.27. The van der Waals surface area contributed by atoms with Gasteiger partial charge in [-0.25, -0.2) is 9.97 Å². The molecule has 0 radical (unpaired) electrons. The number of anilines is 1. The smallest absolute Gasteiger partial charge is 0.254 e. The van der Waals surface area contributed by atoms with E-state index in [1.807, 2.05) is 59.5 Å². The number of carbonyl (C=O) groups is 2. The van der Waals surface area contributed by atoms with E-state index in [-0.39, 0.29) is 11.7 Å². The van der Waals surface area contributed by atoms with Gasteiger partial charge in [0.05, 0.1) is 5.56 Å². The van der Waals surface area contributed by atoms with Gasteiger partial charge in [0.15, 0.2) is 11.6 Å². The number of benzene rings is 3. The van der Waals surface area contributed by atoms with Crippen molar-refractivity contribution in [1.29, 1.82) is 0 Å². The van der Waals surface area contributed by atoms with Gasteiger partial charge in [0.1, 0.15) is 5.82 Å². The van der Waals surface area contributed by atoms with Crippen molar-refractivity contribution in [3.05, 3.63) is 114 Å². The van der Waals surface area contributed by atoms with Crippen molar-refractivity contribution in [3.63, 3.8) is 0 Å². The largest absolute Gasteiger partial charge is 0.353 e. The zero-order chi connectivity index (χ0) is 23.3. The van der Waals surface area contributed by atoms with E-state index in [1.54, 1.807) is 42.6 Å². The maximum Gasteiger partial charge on any atom is 0.254 e. The van der Waals surface area contributed by atoms with E-state index in [0.717, 1.165) is 11.4 Å². The summed E-state index contributed by atoms with van der Waals surface area (Å²) in [7, 11) is 0. The number of ketones is 1. The number of rotatable bonds is 5. The number of hydrogen-bond donors (Lipinski definition) is 0. The molecule has 0 N–H and O–H groups in total. The van der Waals surface area contributed by atoms with Crippen LogP contribution in [0.3, 0.4) is 0 Å². The molecule has 6 nitrogen and oxygen atoms in total. The SMILES string of the molecule is O=C(c1ccccc1)c1ccccc1C(=O)N1CCN(c2ccnc(-c3ccccc3)n2)CC1. The molecule has 0 spiro atoms. The highest BCUT2D eigenvalue weighted by Gasteiger charge is 2.26. The molecular weight excluding hydrogens is 424 g/mol. The molecular formula is C28H24N4O2. The van der Waals surface area contributed by atoms with Crippen LogP contribution in [0.15, 0.2) is 97.2 Å². The maximum absolute atomic E-state index is 13.4. The molecule has 0 atom stereocenters. The Morgan fingerprint density at radius 2 is 1.29 bits per heavy atom. The van der Waals surface area contributed by atoms with E-state index in [1.165, 1.54) is 0 Å². The third kappa shape index (κ3) is 4.43. The first-order valence-corrected chi connectivity index (χ1v) is 11.3. The lowest BCUT2D eigenvalue weighted by Crippen LogP contribution is -2.49. The zero-order valence-electron chi connectivity index (χ0n) is 18.7. The van der Waals surface area contributed by atoms with Gasteiger partial charge < -0.3 is 9.80 Å².